The van der Waals surface area contributed by atoms with Crippen LogP contribution >= 0.6 is 24.8 Å². The minimum Gasteiger partial charge on any atom is -0.147 e. The fourth-order valence-corrected chi connectivity index (χ4v) is 8.88. The summed E-state index contributed by atoms with van der Waals surface area (Å²) in [6.07, 6.45) is 5.46. The third kappa shape index (κ3) is 4.70. The van der Waals surface area contributed by atoms with E-state index < -0.39 is 32.9 Å². The summed E-state index contributed by atoms with van der Waals surface area (Å²) in [5.74, 6) is 0. The molecule has 1 unspecified atom stereocenters. The molecule has 0 aliphatic heterocycles. The smallest absolute Gasteiger partial charge is 0.147 e. The van der Waals surface area contributed by atoms with Gasteiger partial charge in [0.25, 0.3) is 0 Å². The van der Waals surface area contributed by atoms with E-state index in [9.17, 15) is 12.8 Å². The second-order valence-electron chi connectivity index (χ2n) is 3.85. The number of hydrogen-bond acceptors (Lipinski definition) is 2. The first-order chi connectivity index (χ1) is 6.77. The zero-order valence-corrected chi connectivity index (χ0v) is 14.8. The topological polar surface area (TPSA) is 34.1 Å². The van der Waals surface area contributed by atoms with Crippen molar-refractivity contribution in [1.82, 2.24) is 0 Å². The molecule has 0 saturated heterocycles. The van der Waals surface area contributed by atoms with Crippen LogP contribution in [-0.2, 0) is 27.9 Å². The van der Waals surface area contributed by atoms with Gasteiger partial charge in [0, 0.05) is 0 Å². The maximum Gasteiger partial charge on any atom is -0.147 e. The van der Waals surface area contributed by atoms with Crippen LogP contribution in [-0.4, -0.2) is 16.6 Å². The van der Waals surface area contributed by atoms with Crippen LogP contribution < -0.4 is 0 Å². The monoisotopic (exact) mass is 379 g/mol. The summed E-state index contributed by atoms with van der Waals surface area (Å²) in [5.41, 5.74) is 0.365. The van der Waals surface area contributed by atoms with Crippen molar-refractivity contribution in [3.63, 3.8) is 0 Å². The van der Waals surface area contributed by atoms with Gasteiger partial charge in [-0.25, -0.2) is 0 Å². The Hall–Kier alpha value is 0.693. The third-order valence-corrected chi connectivity index (χ3v) is 12.0. The van der Waals surface area contributed by atoms with Gasteiger partial charge in [-0.2, -0.15) is 0 Å². The molecule has 0 fully saturated rings. The van der Waals surface area contributed by atoms with Crippen molar-refractivity contribution < 1.29 is 34.1 Å². The first kappa shape index (κ1) is 20.0. The normalized spacial score (nSPS) is 17.1. The second kappa shape index (κ2) is 7.32. The summed E-state index contributed by atoms with van der Waals surface area (Å²) in [6, 6.07) is 0. The predicted molar refractivity (Wildman–Crippen MR) is 71.1 cm³/mol. The maximum absolute atomic E-state index is 14.3. The van der Waals surface area contributed by atoms with E-state index in [-0.39, 0.29) is 24.8 Å². The largest absolute Gasteiger partial charge is 0.147 e. The molecule has 17 heavy (non-hydrogen) atoms. The molecule has 1 aliphatic rings. The molecule has 7 heteroatoms. The molecule has 0 aromatic carbocycles. The zero-order valence-electron chi connectivity index (χ0n) is 9.86. The number of halogens is 3. The van der Waals surface area contributed by atoms with Crippen LogP contribution in [0.5, 0.6) is 0 Å². The fraction of sp³-hybridized carbons (Fsp3) is 0.500. The van der Waals surface area contributed by atoms with E-state index in [0.717, 1.165) is 3.21 Å². The third-order valence-electron chi connectivity index (χ3n) is 2.19. The quantitative estimate of drug-likeness (QED) is 0.753. The standard InChI is InChI=1S/C7H8FO2S.C3H6.2ClH.Zr/c1-7(8,11(9)10)6-4-2-3-5-6;1-3-2;;;/h2-4H,5H2,1H3;1-2H3;2*1H;. The summed E-state index contributed by atoms with van der Waals surface area (Å²) in [5, 5.41) is -2.17. The van der Waals surface area contributed by atoms with Gasteiger partial charge in [0.05, 0.1) is 0 Å². The van der Waals surface area contributed by atoms with Crippen LogP contribution in [0.15, 0.2) is 23.8 Å². The average molecular weight is 381 g/mol. The summed E-state index contributed by atoms with van der Waals surface area (Å²) < 4.78 is 38.9. The molecule has 0 amide bonds. The summed E-state index contributed by atoms with van der Waals surface area (Å²) in [6.45, 7) is 1.12. The first-order valence-electron chi connectivity index (χ1n) is 4.65. The molecule has 0 aromatic heterocycles. The van der Waals surface area contributed by atoms with Gasteiger partial charge in [0.1, 0.15) is 0 Å². The Kier molecular flexibility index (Phi) is 8.62. The van der Waals surface area contributed by atoms with Gasteiger partial charge >= 0.3 is 99.9 Å². The van der Waals surface area contributed by atoms with Crippen molar-refractivity contribution in [3.05, 3.63) is 23.8 Å². The van der Waals surface area contributed by atoms with Crippen molar-refractivity contribution in [2.24, 2.45) is 0 Å². The SMILES string of the molecule is C[C](C)=[Zr][S](=O)(=O)C(C)(F)C1=CC=CC1.Cl.Cl. The van der Waals surface area contributed by atoms with E-state index in [0.29, 0.717) is 12.0 Å². The van der Waals surface area contributed by atoms with Crippen LogP contribution in [0.4, 0.5) is 4.39 Å². The number of allylic oxidation sites excluding steroid dienone is 3. The molecule has 0 heterocycles. The minimum absolute atomic E-state index is 0. The van der Waals surface area contributed by atoms with E-state index in [1.807, 2.05) is 0 Å². The van der Waals surface area contributed by atoms with Crippen LogP contribution in [0.3, 0.4) is 0 Å². The van der Waals surface area contributed by atoms with Crippen molar-refractivity contribution in [2.75, 3.05) is 0 Å². The molecule has 99 valence electrons. The number of alkyl halides is 1. The Morgan fingerprint density at radius 3 is 2.29 bits per heavy atom. The molecular formula is C10H16Cl2FO2SZr. The summed E-state index contributed by atoms with van der Waals surface area (Å²) in [7, 11) is 0. The molecule has 0 radical (unpaired) electrons. The van der Waals surface area contributed by atoms with Gasteiger partial charge in [-0.15, -0.1) is 24.8 Å². The molecule has 0 N–H and O–H groups in total. The fourth-order valence-electron chi connectivity index (χ4n) is 1.32. The Morgan fingerprint density at radius 1 is 1.41 bits per heavy atom. The first-order valence-corrected chi connectivity index (χ1v) is 10.4. The van der Waals surface area contributed by atoms with Gasteiger partial charge < -0.3 is 0 Å². The van der Waals surface area contributed by atoms with Gasteiger partial charge in [0.15, 0.2) is 0 Å². The van der Waals surface area contributed by atoms with Gasteiger partial charge in [-0.05, 0) is 0 Å². The van der Waals surface area contributed by atoms with Gasteiger partial charge in [0.2, 0.25) is 0 Å². The van der Waals surface area contributed by atoms with E-state index >= 15 is 0 Å². The van der Waals surface area contributed by atoms with E-state index in [2.05, 4.69) is 0 Å². The molecule has 0 saturated carbocycles. The van der Waals surface area contributed by atoms with Crippen molar-refractivity contribution in [3.8, 4) is 0 Å². The Morgan fingerprint density at radius 2 is 1.94 bits per heavy atom. The van der Waals surface area contributed by atoms with Gasteiger partial charge in [-0.1, -0.05) is 0 Å². The molecule has 0 bridgehead atoms. The molecule has 1 aliphatic carbocycles. The van der Waals surface area contributed by atoms with E-state index in [1.165, 1.54) is 6.92 Å². The Labute approximate surface area is 124 Å². The van der Waals surface area contributed by atoms with Crippen LogP contribution in [0.25, 0.3) is 0 Å². The average Bonchev–Trinajstić information content (AvgIpc) is 2.52. The van der Waals surface area contributed by atoms with Crippen LogP contribution in [0.2, 0.25) is 0 Å². The summed E-state index contributed by atoms with van der Waals surface area (Å²) in [4.78, 5) is 0. The second-order valence-corrected chi connectivity index (χ2v) is 13.8. The molecule has 2 nitrogen and oxygen atoms in total. The molecular weight excluding hydrogens is 365 g/mol. The van der Waals surface area contributed by atoms with Crippen LogP contribution in [0.1, 0.15) is 27.2 Å². The molecule has 0 aromatic rings. The van der Waals surface area contributed by atoms with Crippen molar-refractivity contribution in [1.29, 1.82) is 0 Å². The van der Waals surface area contributed by atoms with E-state index in [4.69, 9.17) is 0 Å². The minimum atomic E-state index is -3.58. The van der Waals surface area contributed by atoms with E-state index in [1.54, 1.807) is 32.1 Å². The Bertz CT molecular complexity index is 449. The Balaban J connectivity index is 0. The maximum atomic E-state index is 14.3. The number of hydrogen-bond donors (Lipinski definition) is 0. The predicted octanol–water partition coefficient (Wildman–Crippen LogP) is 3.03. The van der Waals surface area contributed by atoms with Gasteiger partial charge in [-0.3, -0.25) is 0 Å². The molecule has 1 atom stereocenters. The van der Waals surface area contributed by atoms with Crippen molar-refractivity contribution >= 4 is 34.6 Å². The van der Waals surface area contributed by atoms with Crippen LogP contribution in [0, 0.1) is 0 Å². The molecule has 1 rings (SSSR count). The zero-order chi connectivity index (χ0) is 11.7. The molecule has 0 spiro atoms. The number of rotatable bonds is 3. The van der Waals surface area contributed by atoms with Crippen molar-refractivity contribution in [2.45, 2.75) is 32.2 Å². The summed E-state index contributed by atoms with van der Waals surface area (Å²) >= 11 is -1.81.